The average molecular weight is 361 g/mol. The van der Waals surface area contributed by atoms with Crippen LogP contribution < -0.4 is 5.32 Å². The van der Waals surface area contributed by atoms with Crippen LogP contribution in [-0.2, 0) is 28.5 Å². The molecule has 0 aliphatic rings. The molecule has 0 fully saturated rings. The predicted molar refractivity (Wildman–Crippen MR) is 95.7 cm³/mol. The number of nitrogens with one attached hydrogen (secondary N) is 1. The maximum absolute atomic E-state index is 11.5. The third-order valence-corrected chi connectivity index (χ3v) is 3.26. The van der Waals surface area contributed by atoms with Crippen molar-refractivity contribution in [2.45, 2.75) is 45.4 Å². The van der Waals surface area contributed by atoms with Crippen LogP contribution in [-0.4, -0.2) is 71.6 Å². The number of aldehydes is 1. The van der Waals surface area contributed by atoms with Crippen molar-refractivity contribution in [1.82, 2.24) is 5.32 Å². The number of hydrogen-bond donors (Lipinski definition) is 1. The number of carbonyl (C=O) groups is 2. The molecule has 1 amide bonds. The molecule has 25 heavy (non-hydrogen) atoms. The molecule has 0 aliphatic heterocycles. The van der Waals surface area contributed by atoms with E-state index in [4.69, 9.17) is 18.9 Å². The summed E-state index contributed by atoms with van der Waals surface area (Å²) in [6.07, 6.45) is 5.66. The summed E-state index contributed by atoms with van der Waals surface area (Å²) in [7, 11) is 0. The van der Waals surface area contributed by atoms with Crippen LogP contribution in [0.25, 0.3) is 0 Å². The maximum Gasteiger partial charge on any atom is 0.222 e. The Labute approximate surface area is 151 Å². The highest BCUT2D eigenvalue weighted by molar-refractivity contribution is 5.75. The molecule has 7 nitrogen and oxygen atoms in total. The summed E-state index contributed by atoms with van der Waals surface area (Å²) < 4.78 is 21.4. The van der Waals surface area contributed by atoms with Crippen LogP contribution in [0.4, 0.5) is 0 Å². The molecular formula is C18H35NO6. The molecule has 0 aliphatic carbocycles. The number of hydrogen-bond acceptors (Lipinski definition) is 6. The van der Waals surface area contributed by atoms with E-state index in [9.17, 15) is 9.59 Å². The first kappa shape index (κ1) is 24.0. The second kappa shape index (κ2) is 21.0. The monoisotopic (exact) mass is 361 g/mol. The normalized spacial score (nSPS) is 10.8. The van der Waals surface area contributed by atoms with Crippen molar-refractivity contribution in [3.8, 4) is 0 Å². The topological polar surface area (TPSA) is 83.1 Å². The molecular weight excluding hydrogens is 326 g/mol. The van der Waals surface area contributed by atoms with E-state index in [0.29, 0.717) is 65.6 Å². The largest absolute Gasteiger partial charge is 0.379 e. The minimum atomic E-state index is -0.00463. The summed E-state index contributed by atoms with van der Waals surface area (Å²) in [6.45, 7) is 7.15. The van der Waals surface area contributed by atoms with E-state index in [2.05, 4.69) is 12.2 Å². The van der Waals surface area contributed by atoms with Crippen molar-refractivity contribution in [3.05, 3.63) is 0 Å². The second-order valence-electron chi connectivity index (χ2n) is 5.57. The van der Waals surface area contributed by atoms with Gasteiger partial charge in [0.1, 0.15) is 6.29 Å². The molecule has 0 saturated carbocycles. The second-order valence-corrected chi connectivity index (χ2v) is 5.57. The van der Waals surface area contributed by atoms with E-state index in [1.165, 1.54) is 0 Å². The van der Waals surface area contributed by atoms with Crippen LogP contribution in [0.5, 0.6) is 0 Å². The van der Waals surface area contributed by atoms with Gasteiger partial charge in [-0.1, -0.05) is 13.3 Å². The van der Waals surface area contributed by atoms with Crippen molar-refractivity contribution in [2.24, 2.45) is 0 Å². The van der Waals surface area contributed by atoms with E-state index < -0.39 is 0 Å². The van der Waals surface area contributed by atoms with Gasteiger partial charge in [-0.3, -0.25) is 4.79 Å². The molecule has 0 unspecified atom stereocenters. The number of ether oxygens (including phenoxy) is 4. The quantitative estimate of drug-likeness (QED) is 0.263. The van der Waals surface area contributed by atoms with E-state index in [0.717, 1.165) is 38.6 Å². The Morgan fingerprint density at radius 1 is 0.800 bits per heavy atom. The predicted octanol–water partition coefficient (Wildman–Crippen LogP) is 1.73. The molecule has 0 bridgehead atoms. The number of amides is 1. The summed E-state index contributed by atoms with van der Waals surface area (Å²) in [5.74, 6) is -0.00463. The highest BCUT2D eigenvalue weighted by Crippen LogP contribution is 1.96. The molecule has 0 aromatic rings. The minimum absolute atomic E-state index is 0.00463. The average Bonchev–Trinajstić information content (AvgIpc) is 2.62. The molecule has 0 saturated heterocycles. The molecule has 148 valence electrons. The van der Waals surface area contributed by atoms with Gasteiger partial charge in [0.25, 0.3) is 0 Å². The van der Waals surface area contributed by atoms with E-state index >= 15 is 0 Å². The lowest BCUT2D eigenvalue weighted by atomic mass is 10.2. The lowest BCUT2D eigenvalue weighted by molar-refractivity contribution is -0.122. The van der Waals surface area contributed by atoms with Crippen LogP contribution in [0.3, 0.4) is 0 Å². The Morgan fingerprint density at radius 3 is 1.92 bits per heavy atom. The van der Waals surface area contributed by atoms with Crippen LogP contribution in [0, 0.1) is 0 Å². The molecule has 0 heterocycles. The zero-order chi connectivity index (χ0) is 18.4. The van der Waals surface area contributed by atoms with Crippen molar-refractivity contribution in [2.75, 3.05) is 59.4 Å². The van der Waals surface area contributed by atoms with Gasteiger partial charge >= 0.3 is 0 Å². The lowest BCUT2D eigenvalue weighted by Crippen LogP contribution is -2.25. The van der Waals surface area contributed by atoms with Crippen molar-refractivity contribution in [1.29, 1.82) is 0 Å². The van der Waals surface area contributed by atoms with Crippen molar-refractivity contribution >= 4 is 12.2 Å². The first-order valence-corrected chi connectivity index (χ1v) is 9.32. The van der Waals surface area contributed by atoms with E-state index in [-0.39, 0.29) is 5.91 Å². The van der Waals surface area contributed by atoms with Crippen LogP contribution in [0.15, 0.2) is 0 Å². The molecule has 1 N–H and O–H groups in total. The van der Waals surface area contributed by atoms with Crippen LogP contribution >= 0.6 is 0 Å². The summed E-state index contributed by atoms with van der Waals surface area (Å²) in [6, 6.07) is 0. The standard InChI is InChI=1S/C18H35NO6/c1-2-10-22-12-14-24-16-17-25-15-13-23-11-7-18(21)19-8-5-3-4-6-9-20/h9H,2-8,10-17H2,1H3,(H,19,21). The smallest absolute Gasteiger partial charge is 0.222 e. The van der Waals surface area contributed by atoms with Gasteiger partial charge in [-0.25, -0.2) is 0 Å². The third-order valence-electron chi connectivity index (χ3n) is 3.26. The van der Waals surface area contributed by atoms with Gasteiger partial charge in [0.05, 0.1) is 46.2 Å². The van der Waals surface area contributed by atoms with Crippen molar-refractivity contribution < 1.29 is 28.5 Å². The number of unbranched alkanes of at least 4 members (excludes halogenated alkanes) is 3. The molecule has 0 atom stereocenters. The fraction of sp³-hybridized carbons (Fsp3) is 0.889. The highest BCUT2D eigenvalue weighted by atomic mass is 16.6. The summed E-state index contributed by atoms with van der Waals surface area (Å²) >= 11 is 0. The zero-order valence-corrected chi connectivity index (χ0v) is 15.6. The molecule has 0 aromatic heterocycles. The number of carbonyl (C=O) groups excluding carboxylic acids is 2. The van der Waals surface area contributed by atoms with Gasteiger partial charge in [-0.15, -0.1) is 0 Å². The van der Waals surface area contributed by atoms with Gasteiger partial charge in [0, 0.05) is 26.0 Å². The van der Waals surface area contributed by atoms with Crippen molar-refractivity contribution in [3.63, 3.8) is 0 Å². The Hall–Kier alpha value is -1.02. The minimum Gasteiger partial charge on any atom is -0.379 e. The SMILES string of the molecule is CCCOCCOCCOCCOCCC(=O)NCCCCCC=O. The van der Waals surface area contributed by atoms with Gasteiger partial charge in [-0.05, 0) is 19.3 Å². The third kappa shape index (κ3) is 20.9. The fourth-order valence-corrected chi connectivity index (χ4v) is 1.92. The van der Waals surface area contributed by atoms with Gasteiger partial charge < -0.3 is 29.1 Å². The molecule has 7 heteroatoms. The summed E-state index contributed by atoms with van der Waals surface area (Å²) in [4.78, 5) is 21.7. The van der Waals surface area contributed by atoms with Gasteiger partial charge in [-0.2, -0.15) is 0 Å². The summed E-state index contributed by atoms with van der Waals surface area (Å²) in [5, 5.41) is 2.84. The Morgan fingerprint density at radius 2 is 1.36 bits per heavy atom. The van der Waals surface area contributed by atoms with Gasteiger partial charge in [0.2, 0.25) is 5.91 Å². The molecule has 0 rings (SSSR count). The number of rotatable bonds is 20. The Balaban J connectivity index is 3.12. The molecule has 0 spiro atoms. The first-order valence-electron chi connectivity index (χ1n) is 9.32. The van der Waals surface area contributed by atoms with E-state index in [1.54, 1.807) is 0 Å². The first-order chi connectivity index (χ1) is 12.3. The fourth-order valence-electron chi connectivity index (χ4n) is 1.92. The van der Waals surface area contributed by atoms with Crippen LogP contribution in [0.2, 0.25) is 0 Å². The van der Waals surface area contributed by atoms with Gasteiger partial charge in [0.15, 0.2) is 0 Å². The molecule has 0 aromatic carbocycles. The Kier molecular flexibility index (Phi) is 20.2. The lowest BCUT2D eigenvalue weighted by Gasteiger charge is -2.07. The zero-order valence-electron chi connectivity index (χ0n) is 15.6. The summed E-state index contributed by atoms with van der Waals surface area (Å²) in [5.41, 5.74) is 0. The maximum atomic E-state index is 11.5. The Bertz CT molecular complexity index is 301. The van der Waals surface area contributed by atoms with Crippen LogP contribution in [0.1, 0.15) is 45.4 Å². The molecule has 0 radical (unpaired) electrons. The highest BCUT2D eigenvalue weighted by Gasteiger charge is 2.00. The van der Waals surface area contributed by atoms with E-state index in [1.807, 2.05) is 0 Å².